The predicted molar refractivity (Wildman–Crippen MR) is 135 cm³/mol. The fraction of sp³-hybridized carbons (Fsp3) is 0.200. The third kappa shape index (κ3) is 5.56. The van der Waals surface area contributed by atoms with Crippen molar-refractivity contribution in [2.45, 2.75) is 33.9 Å². The Morgan fingerprint density at radius 3 is 2.73 bits per heavy atom. The molecule has 0 aliphatic carbocycles. The average molecular weight is 464 g/mol. The number of fused-ring (bicyclic) bond motifs is 1. The van der Waals surface area contributed by atoms with E-state index >= 15 is 0 Å². The van der Waals surface area contributed by atoms with Crippen LogP contribution in [-0.4, -0.2) is 22.2 Å². The summed E-state index contributed by atoms with van der Waals surface area (Å²) in [6.45, 7) is 9.64. The smallest absolute Gasteiger partial charge is 0.258 e. The Morgan fingerprint density at radius 2 is 2.06 bits per heavy atom. The van der Waals surface area contributed by atoms with Crippen LogP contribution < -0.4 is 16.6 Å². The van der Waals surface area contributed by atoms with E-state index < -0.39 is 0 Å². The molecule has 0 spiro atoms. The molecule has 0 unspecified atom stereocenters. The molecule has 3 N–H and O–H groups in total. The number of nitrogen functional groups attached to an aromatic ring is 1. The first-order chi connectivity index (χ1) is 15.7. The highest BCUT2D eigenvalue weighted by Gasteiger charge is 2.12. The summed E-state index contributed by atoms with van der Waals surface area (Å²) in [5, 5.41) is 4.79. The molecule has 3 rings (SSSR count). The van der Waals surface area contributed by atoms with Gasteiger partial charge in [-0.1, -0.05) is 17.7 Å². The summed E-state index contributed by atoms with van der Waals surface area (Å²) in [5.41, 5.74) is 9.15. The molecule has 8 heteroatoms. The number of hydrogen-bond donors (Lipinski definition) is 2. The van der Waals surface area contributed by atoms with Gasteiger partial charge in [-0.05, 0) is 80.4 Å². The first-order valence-corrected chi connectivity index (χ1v) is 10.7. The molecule has 0 aliphatic rings. The Labute approximate surface area is 197 Å². The number of halogens is 1. The lowest BCUT2D eigenvalue weighted by Crippen LogP contribution is -2.25. The number of aromatic nitrogens is 2. The predicted octanol–water partition coefficient (Wildman–Crippen LogP) is 4.10. The van der Waals surface area contributed by atoms with E-state index in [-0.39, 0.29) is 18.0 Å². The van der Waals surface area contributed by atoms with Crippen molar-refractivity contribution in [1.29, 1.82) is 0 Å². The highest BCUT2D eigenvalue weighted by molar-refractivity contribution is 6.31. The lowest BCUT2D eigenvalue weighted by Gasteiger charge is -2.12. The topological polar surface area (TPSA) is 102 Å². The zero-order valence-corrected chi connectivity index (χ0v) is 19.6. The highest BCUT2D eigenvalue weighted by Crippen LogP contribution is 2.17. The second kappa shape index (κ2) is 10.3. The molecule has 3 aromatic rings. The number of carbonyl (C=O) groups is 1. The van der Waals surface area contributed by atoms with Gasteiger partial charge in [-0.25, -0.2) is 4.98 Å². The SMILES string of the molecule is C=N/C(=C\C(=C/C)C(=O)NCc1c(C)cc(N)nc1C)Cn1ccc2cc(Cl)ccc2c1=O. The van der Waals surface area contributed by atoms with Gasteiger partial charge in [-0.3, -0.25) is 14.6 Å². The molecule has 0 fully saturated rings. The van der Waals surface area contributed by atoms with Crippen LogP contribution in [0, 0.1) is 13.8 Å². The van der Waals surface area contributed by atoms with E-state index in [1.54, 1.807) is 49.5 Å². The second-order valence-corrected chi connectivity index (χ2v) is 8.07. The number of aryl methyl sites for hydroxylation is 2. The largest absolute Gasteiger partial charge is 0.384 e. The first kappa shape index (κ1) is 23.9. The Morgan fingerprint density at radius 1 is 1.30 bits per heavy atom. The van der Waals surface area contributed by atoms with Crippen LogP contribution in [0.3, 0.4) is 0 Å². The number of rotatable bonds is 7. The van der Waals surface area contributed by atoms with E-state index in [1.165, 1.54) is 4.57 Å². The maximum atomic E-state index is 12.8. The molecule has 0 saturated heterocycles. The van der Waals surface area contributed by atoms with Gasteiger partial charge in [0.15, 0.2) is 0 Å². The van der Waals surface area contributed by atoms with Gasteiger partial charge in [-0.2, -0.15) is 0 Å². The Kier molecular flexibility index (Phi) is 7.45. The number of benzene rings is 1. The number of nitrogens with two attached hydrogens (primary N) is 1. The van der Waals surface area contributed by atoms with Gasteiger partial charge in [0, 0.05) is 34.4 Å². The van der Waals surface area contributed by atoms with E-state index in [0.717, 1.165) is 22.2 Å². The molecular weight excluding hydrogens is 438 g/mol. The highest BCUT2D eigenvalue weighted by atomic mass is 35.5. The van der Waals surface area contributed by atoms with Crippen molar-refractivity contribution in [2.75, 3.05) is 5.73 Å². The van der Waals surface area contributed by atoms with Gasteiger partial charge in [-0.15, -0.1) is 0 Å². The normalized spacial score (nSPS) is 12.1. The van der Waals surface area contributed by atoms with Crippen molar-refractivity contribution in [1.82, 2.24) is 14.9 Å². The van der Waals surface area contributed by atoms with Gasteiger partial charge in [0.05, 0.1) is 12.2 Å². The van der Waals surface area contributed by atoms with Gasteiger partial charge < -0.3 is 15.6 Å². The number of nitrogens with one attached hydrogen (secondary N) is 1. The van der Waals surface area contributed by atoms with Crippen LogP contribution in [0.4, 0.5) is 5.82 Å². The number of carbonyl (C=O) groups excluding carboxylic acids is 1. The summed E-state index contributed by atoms with van der Waals surface area (Å²) in [5.74, 6) is 0.181. The number of hydrogen-bond acceptors (Lipinski definition) is 5. The second-order valence-electron chi connectivity index (χ2n) is 7.63. The van der Waals surface area contributed by atoms with Gasteiger partial charge in [0.1, 0.15) is 5.82 Å². The summed E-state index contributed by atoms with van der Waals surface area (Å²) < 4.78 is 1.52. The van der Waals surface area contributed by atoms with Gasteiger partial charge >= 0.3 is 0 Å². The summed E-state index contributed by atoms with van der Waals surface area (Å²) in [6, 6.07) is 8.72. The van der Waals surface area contributed by atoms with Crippen molar-refractivity contribution < 1.29 is 4.79 Å². The third-order valence-corrected chi connectivity index (χ3v) is 5.60. The standard InChI is InChI=1S/C25H26ClN5O2/c1-5-17(24(32)29-13-22-15(2)10-23(27)30-16(22)3)12-20(28-4)14-31-9-8-18-11-19(26)6-7-21(18)25(31)33/h5-12H,4,13-14H2,1-3H3,(H2,27,30)(H,29,32)/b17-5+,20-12-. The zero-order valence-electron chi connectivity index (χ0n) is 18.9. The number of aliphatic imine (C=N–C) groups is 1. The maximum Gasteiger partial charge on any atom is 0.258 e. The first-order valence-electron chi connectivity index (χ1n) is 10.4. The quantitative estimate of drug-likeness (QED) is 0.313. The molecule has 0 saturated carbocycles. The number of nitrogens with zero attached hydrogens (tertiary/aromatic N) is 3. The van der Waals surface area contributed by atoms with Crippen molar-refractivity contribution in [2.24, 2.45) is 4.99 Å². The van der Waals surface area contributed by atoms with Gasteiger partial charge in [0.25, 0.3) is 11.5 Å². The molecule has 0 atom stereocenters. The van der Waals surface area contributed by atoms with Crippen LogP contribution in [0.5, 0.6) is 0 Å². The summed E-state index contributed by atoms with van der Waals surface area (Å²) in [4.78, 5) is 33.9. The molecule has 2 heterocycles. The van der Waals surface area contributed by atoms with Crippen molar-refractivity contribution in [3.63, 3.8) is 0 Å². The van der Waals surface area contributed by atoms with Crippen LogP contribution in [-0.2, 0) is 17.9 Å². The van der Waals surface area contributed by atoms with Crippen LogP contribution in [0.2, 0.25) is 5.02 Å². The molecule has 1 aromatic carbocycles. The molecule has 33 heavy (non-hydrogen) atoms. The summed E-state index contributed by atoms with van der Waals surface area (Å²) in [6.07, 6.45) is 4.99. The molecule has 1 amide bonds. The molecule has 0 aliphatic heterocycles. The maximum absolute atomic E-state index is 12.8. The number of pyridine rings is 2. The fourth-order valence-electron chi connectivity index (χ4n) is 3.58. The number of amides is 1. The molecule has 0 bridgehead atoms. The molecule has 170 valence electrons. The Bertz CT molecular complexity index is 1330. The van der Waals surface area contributed by atoms with Crippen LogP contribution in [0.1, 0.15) is 23.7 Å². The molecule has 2 aromatic heterocycles. The molecule has 7 nitrogen and oxygen atoms in total. The third-order valence-electron chi connectivity index (χ3n) is 5.37. The zero-order chi connectivity index (χ0) is 24.1. The number of allylic oxidation sites excluding steroid dienone is 2. The number of anilines is 1. The molecular formula is C25H26ClN5O2. The fourth-order valence-corrected chi connectivity index (χ4v) is 3.77. The molecule has 0 radical (unpaired) electrons. The van der Waals surface area contributed by atoms with E-state index in [1.807, 2.05) is 19.9 Å². The minimum absolute atomic E-state index is 0.172. The van der Waals surface area contributed by atoms with Crippen LogP contribution in [0.25, 0.3) is 10.8 Å². The van der Waals surface area contributed by atoms with Crippen molar-refractivity contribution in [3.8, 4) is 0 Å². The van der Waals surface area contributed by atoms with E-state index in [0.29, 0.717) is 34.0 Å². The lowest BCUT2D eigenvalue weighted by atomic mass is 10.1. The minimum atomic E-state index is -0.269. The van der Waals surface area contributed by atoms with Gasteiger partial charge in [0.2, 0.25) is 0 Å². The van der Waals surface area contributed by atoms with Crippen molar-refractivity contribution >= 4 is 40.8 Å². The van der Waals surface area contributed by atoms with E-state index in [4.69, 9.17) is 17.3 Å². The Hall–Kier alpha value is -3.71. The summed E-state index contributed by atoms with van der Waals surface area (Å²) >= 11 is 6.02. The van der Waals surface area contributed by atoms with Crippen molar-refractivity contribution in [3.05, 3.63) is 92.1 Å². The Balaban J connectivity index is 1.79. The lowest BCUT2D eigenvalue weighted by molar-refractivity contribution is -0.117. The summed E-state index contributed by atoms with van der Waals surface area (Å²) in [7, 11) is 0. The van der Waals surface area contributed by atoms with E-state index in [2.05, 4.69) is 22.0 Å². The minimum Gasteiger partial charge on any atom is -0.384 e. The van der Waals surface area contributed by atoms with Crippen LogP contribution in [0.15, 0.2) is 69.7 Å². The van der Waals surface area contributed by atoms with Crippen LogP contribution >= 0.6 is 11.6 Å². The van der Waals surface area contributed by atoms with E-state index in [9.17, 15) is 9.59 Å². The monoisotopic (exact) mass is 463 g/mol. The average Bonchev–Trinajstić information content (AvgIpc) is 2.77.